The molecule has 1 aromatic heterocycles. The maximum atomic E-state index is 13.0. The van der Waals surface area contributed by atoms with Gasteiger partial charge in [0.05, 0.1) is 22.0 Å². The van der Waals surface area contributed by atoms with Crippen LogP contribution >= 0.6 is 11.6 Å². The van der Waals surface area contributed by atoms with Crippen LogP contribution in [0.25, 0.3) is 10.9 Å². The largest absolute Gasteiger partial charge is 0.444 e. The fourth-order valence-electron chi connectivity index (χ4n) is 2.61. The van der Waals surface area contributed by atoms with Crippen LogP contribution in [0, 0.1) is 0 Å². The molecule has 0 aliphatic heterocycles. The number of hydrogen-bond donors (Lipinski definition) is 1. The molecule has 0 spiro atoms. The summed E-state index contributed by atoms with van der Waals surface area (Å²) in [5.41, 5.74) is -0.418. The highest BCUT2D eigenvalue weighted by Gasteiger charge is 2.25. The smallest absolute Gasteiger partial charge is 0.408 e. The molecule has 8 heteroatoms. The molecule has 0 radical (unpaired) electrons. The fraction of sp³-hybridized carbons (Fsp3) is 0.500. The number of nitrogens with one attached hydrogen (secondary N) is 1. The standard InChI is InChI=1S/C18H25ClN4O3/c1-7-12(21-17(25)26-18(2,3)4)15-20-13-10-8-9-11(19)14(13)16(24)23(15)22(5)6/h8-10,12H,7H2,1-6H3,(H,21,25)/t12-/m0/s1. The molecular formula is C18H25ClN4O3. The van der Waals surface area contributed by atoms with Crippen LogP contribution in [0.3, 0.4) is 0 Å². The van der Waals surface area contributed by atoms with Crippen LogP contribution in [-0.2, 0) is 4.74 Å². The summed E-state index contributed by atoms with van der Waals surface area (Å²) in [6.45, 7) is 7.27. The number of benzene rings is 1. The second-order valence-corrected chi connectivity index (χ2v) is 7.58. The highest BCUT2D eigenvalue weighted by Crippen LogP contribution is 2.22. The van der Waals surface area contributed by atoms with Crippen molar-refractivity contribution in [1.82, 2.24) is 15.0 Å². The Morgan fingerprint density at radius 1 is 1.38 bits per heavy atom. The van der Waals surface area contributed by atoms with Gasteiger partial charge < -0.3 is 15.1 Å². The third kappa shape index (κ3) is 4.27. The van der Waals surface area contributed by atoms with Gasteiger partial charge in [0.2, 0.25) is 0 Å². The Morgan fingerprint density at radius 3 is 2.58 bits per heavy atom. The maximum absolute atomic E-state index is 13.0. The van der Waals surface area contributed by atoms with E-state index in [1.165, 1.54) is 4.68 Å². The molecule has 142 valence electrons. The first-order valence-electron chi connectivity index (χ1n) is 8.43. The molecule has 1 N–H and O–H groups in total. The summed E-state index contributed by atoms with van der Waals surface area (Å²) in [6, 6.07) is 4.63. The normalized spacial score (nSPS) is 12.7. The molecule has 0 fully saturated rings. The summed E-state index contributed by atoms with van der Waals surface area (Å²) in [6.07, 6.45) is -0.0268. The van der Waals surface area contributed by atoms with Gasteiger partial charge in [0, 0.05) is 14.1 Å². The molecule has 0 aliphatic rings. The molecule has 1 amide bonds. The Balaban J connectivity index is 2.57. The second-order valence-electron chi connectivity index (χ2n) is 7.18. The van der Waals surface area contributed by atoms with Crippen LogP contribution in [0.4, 0.5) is 4.79 Å². The van der Waals surface area contributed by atoms with E-state index in [9.17, 15) is 9.59 Å². The minimum atomic E-state index is -0.617. The van der Waals surface area contributed by atoms with E-state index in [0.717, 1.165) is 0 Å². The number of ether oxygens (including phenoxy) is 1. The van der Waals surface area contributed by atoms with Gasteiger partial charge >= 0.3 is 6.09 Å². The number of hydrogen-bond acceptors (Lipinski definition) is 5. The number of amides is 1. The van der Waals surface area contributed by atoms with Crippen LogP contribution in [0.1, 0.15) is 46.0 Å². The number of rotatable bonds is 4. The van der Waals surface area contributed by atoms with Gasteiger partial charge in [0.15, 0.2) is 5.82 Å². The lowest BCUT2D eigenvalue weighted by atomic mass is 10.2. The van der Waals surface area contributed by atoms with E-state index in [0.29, 0.717) is 28.2 Å². The number of fused-ring (bicyclic) bond motifs is 1. The van der Waals surface area contributed by atoms with Crippen LogP contribution < -0.4 is 15.9 Å². The van der Waals surface area contributed by atoms with Crippen molar-refractivity contribution >= 4 is 28.6 Å². The highest BCUT2D eigenvalue weighted by atomic mass is 35.5. The fourth-order valence-corrected chi connectivity index (χ4v) is 2.86. The Morgan fingerprint density at radius 2 is 2.04 bits per heavy atom. The summed E-state index contributed by atoms with van der Waals surface area (Å²) < 4.78 is 6.75. The summed E-state index contributed by atoms with van der Waals surface area (Å²) >= 11 is 6.20. The number of nitrogens with zero attached hydrogens (tertiary/aromatic N) is 3. The molecule has 2 rings (SSSR count). The molecule has 1 heterocycles. The van der Waals surface area contributed by atoms with Gasteiger partial charge in [-0.15, -0.1) is 0 Å². The van der Waals surface area contributed by atoms with Crippen LogP contribution in [0.5, 0.6) is 0 Å². The first-order valence-corrected chi connectivity index (χ1v) is 8.81. The van der Waals surface area contributed by atoms with E-state index in [2.05, 4.69) is 10.3 Å². The van der Waals surface area contributed by atoms with Gasteiger partial charge in [0.1, 0.15) is 5.60 Å². The minimum Gasteiger partial charge on any atom is -0.444 e. The second kappa shape index (κ2) is 7.53. The molecule has 1 atom stereocenters. The average Bonchev–Trinajstić information content (AvgIpc) is 2.50. The number of carbonyl (C=O) groups excluding carboxylic acids is 1. The molecule has 2 aromatic rings. The lowest BCUT2D eigenvalue weighted by molar-refractivity contribution is 0.0498. The SMILES string of the molecule is CC[C@H](NC(=O)OC(C)(C)C)c1nc2cccc(Cl)c2c(=O)n1N(C)C. The Kier molecular flexibility index (Phi) is 5.81. The third-order valence-electron chi connectivity index (χ3n) is 3.66. The Hall–Kier alpha value is -2.28. The molecule has 1 aromatic carbocycles. The van der Waals surface area contributed by atoms with E-state index < -0.39 is 17.7 Å². The molecule has 0 unspecified atom stereocenters. The number of halogens is 1. The zero-order valence-corrected chi connectivity index (χ0v) is 16.7. The molecule has 0 saturated heterocycles. The average molecular weight is 381 g/mol. The van der Waals surface area contributed by atoms with E-state index in [1.807, 2.05) is 6.92 Å². The van der Waals surface area contributed by atoms with Crippen LogP contribution in [0.2, 0.25) is 5.02 Å². The first-order chi connectivity index (χ1) is 12.0. The summed E-state index contributed by atoms with van der Waals surface area (Å²) in [7, 11) is 3.46. The predicted octanol–water partition coefficient (Wildman–Crippen LogP) is 3.22. The van der Waals surface area contributed by atoms with Crippen molar-refractivity contribution in [3.63, 3.8) is 0 Å². The van der Waals surface area contributed by atoms with Crippen LogP contribution in [-0.4, -0.2) is 35.4 Å². The van der Waals surface area contributed by atoms with Gasteiger partial charge in [-0.1, -0.05) is 24.6 Å². The number of aromatic nitrogens is 2. The minimum absolute atomic E-state index is 0.287. The molecule has 0 saturated carbocycles. The lowest BCUT2D eigenvalue weighted by Crippen LogP contribution is -2.43. The van der Waals surface area contributed by atoms with Crippen molar-refractivity contribution in [2.45, 2.75) is 45.8 Å². The summed E-state index contributed by atoms with van der Waals surface area (Å²) in [5.74, 6) is 0.420. The van der Waals surface area contributed by atoms with E-state index in [4.69, 9.17) is 16.3 Å². The third-order valence-corrected chi connectivity index (χ3v) is 3.98. The zero-order valence-electron chi connectivity index (χ0n) is 16.0. The van der Waals surface area contributed by atoms with E-state index in [1.54, 1.807) is 58.1 Å². The zero-order chi connectivity index (χ0) is 19.6. The first kappa shape index (κ1) is 20.0. The monoisotopic (exact) mass is 380 g/mol. The Bertz CT molecular complexity index is 871. The maximum Gasteiger partial charge on any atom is 0.408 e. The van der Waals surface area contributed by atoms with Crippen molar-refractivity contribution in [2.75, 3.05) is 19.1 Å². The number of carbonyl (C=O) groups is 1. The van der Waals surface area contributed by atoms with Crippen molar-refractivity contribution < 1.29 is 9.53 Å². The highest BCUT2D eigenvalue weighted by molar-refractivity contribution is 6.35. The van der Waals surface area contributed by atoms with Gasteiger partial charge in [0.25, 0.3) is 5.56 Å². The van der Waals surface area contributed by atoms with Crippen molar-refractivity contribution in [3.05, 3.63) is 39.4 Å². The van der Waals surface area contributed by atoms with E-state index >= 15 is 0 Å². The van der Waals surface area contributed by atoms with E-state index in [-0.39, 0.29) is 5.56 Å². The quantitative estimate of drug-likeness (QED) is 0.881. The van der Waals surface area contributed by atoms with Crippen LogP contribution in [0.15, 0.2) is 23.0 Å². The van der Waals surface area contributed by atoms with Crippen molar-refractivity contribution in [1.29, 1.82) is 0 Å². The lowest BCUT2D eigenvalue weighted by Gasteiger charge is -2.27. The van der Waals surface area contributed by atoms with Crippen molar-refractivity contribution in [3.8, 4) is 0 Å². The van der Waals surface area contributed by atoms with Gasteiger partial charge in [-0.2, -0.15) is 0 Å². The number of alkyl carbamates (subject to hydrolysis) is 1. The molecular weight excluding hydrogens is 356 g/mol. The topological polar surface area (TPSA) is 76.5 Å². The summed E-state index contributed by atoms with van der Waals surface area (Å²) in [5, 5.41) is 5.11. The van der Waals surface area contributed by atoms with Crippen molar-refractivity contribution in [2.24, 2.45) is 0 Å². The van der Waals surface area contributed by atoms with Gasteiger partial charge in [-0.25, -0.2) is 14.5 Å². The van der Waals surface area contributed by atoms with Gasteiger partial charge in [-0.3, -0.25) is 4.79 Å². The molecule has 7 nitrogen and oxygen atoms in total. The van der Waals surface area contributed by atoms with Gasteiger partial charge in [-0.05, 0) is 39.3 Å². The summed E-state index contributed by atoms with van der Waals surface area (Å²) in [4.78, 5) is 29.8. The predicted molar refractivity (Wildman–Crippen MR) is 103 cm³/mol. The molecule has 0 aliphatic carbocycles. The molecule has 0 bridgehead atoms. The molecule has 26 heavy (non-hydrogen) atoms. The Labute approximate surface area is 157 Å².